The average Bonchev–Trinajstić information content (AvgIpc) is 2.46. The van der Waals surface area contributed by atoms with E-state index in [2.05, 4.69) is 5.32 Å². The van der Waals surface area contributed by atoms with E-state index in [0.717, 1.165) is 25.9 Å². The van der Waals surface area contributed by atoms with Crippen LogP contribution < -0.4 is 11.1 Å². The Balaban J connectivity index is 1.94. The van der Waals surface area contributed by atoms with E-state index >= 15 is 0 Å². The molecule has 6 heteroatoms. The second-order valence-electron chi connectivity index (χ2n) is 5.38. The normalized spacial score (nSPS) is 16.6. The summed E-state index contributed by atoms with van der Waals surface area (Å²) < 4.78 is 13.3. The quantitative estimate of drug-likeness (QED) is 0.878. The number of likely N-dealkylation sites (tertiary alicyclic amines) is 1. The summed E-state index contributed by atoms with van der Waals surface area (Å²) in [7, 11) is 0. The zero-order chi connectivity index (χ0) is 15.2. The number of nitrogens with two attached hydrogens (primary N) is 1. The van der Waals surface area contributed by atoms with Crippen LogP contribution in [-0.4, -0.2) is 36.5 Å². The van der Waals surface area contributed by atoms with Crippen molar-refractivity contribution in [1.29, 1.82) is 0 Å². The summed E-state index contributed by atoms with van der Waals surface area (Å²) in [5.41, 5.74) is 6.26. The summed E-state index contributed by atoms with van der Waals surface area (Å²) in [4.78, 5) is 14.1. The summed E-state index contributed by atoms with van der Waals surface area (Å²) in [5.74, 6) is -0.316. The van der Waals surface area contributed by atoms with E-state index in [1.807, 2.05) is 4.90 Å². The highest BCUT2D eigenvalue weighted by molar-refractivity contribution is 6.30. The summed E-state index contributed by atoms with van der Waals surface area (Å²) in [6, 6.07) is 3.99. The van der Waals surface area contributed by atoms with Crippen LogP contribution in [0.5, 0.6) is 0 Å². The van der Waals surface area contributed by atoms with Gasteiger partial charge in [0.2, 0.25) is 5.91 Å². The molecule has 1 aliphatic rings. The lowest BCUT2D eigenvalue weighted by atomic mass is 10.1. The Labute approximate surface area is 129 Å². The molecule has 116 valence electrons. The molecule has 1 aromatic rings. The number of hydrogen-bond acceptors (Lipinski definition) is 3. The minimum absolute atomic E-state index is 0.0974. The Morgan fingerprint density at radius 1 is 1.33 bits per heavy atom. The van der Waals surface area contributed by atoms with Gasteiger partial charge in [0.05, 0.1) is 0 Å². The van der Waals surface area contributed by atoms with E-state index in [4.69, 9.17) is 17.3 Å². The maximum absolute atomic E-state index is 13.3. The monoisotopic (exact) mass is 313 g/mol. The number of rotatable bonds is 5. The lowest BCUT2D eigenvalue weighted by Gasteiger charge is -2.28. The number of nitrogens with one attached hydrogen (secondary N) is 1. The van der Waals surface area contributed by atoms with E-state index < -0.39 is 5.82 Å². The van der Waals surface area contributed by atoms with Gasteiger partial charge in [0.15, 0.2) is 0 Å². The molecule has 1 amide bonds. The Morgan fingerprint density at radius 3 is 2.67 bits per heavy atom. The summed E-state index contributed by atoms with van der Waals surface area (Å²) in [6.45, 7) is 1.94. The SMILES string of the molecule is NCC(CC(=O)N1CCCCC1)Nc1cc(F)cc(Cl)c1. The van der Waals surface area contributed by atoms with Crippen LogP contribution in [0.4, 0.5) is 10.1 Å². The van der Waals surface area contributed by atoms with Gasteiger partial charge in [-0.1, -0.05) is 11.6 Å². The third-order valence-electron chi connectivity index (χ3n) is 3.65. The molecular weight excluding hydrogens is 293 g/mol. The van der Waals surface area contributed by atoms with E-state index in [0.29, 0.717) is 23.7 Å². The molecule has 4 nitrogen and oxygen atoms in total. The van der Waals surface area contributed by atoms with Crippen LogP contribution in [0.25, 0.3) is 0 Å². The molecule has 0 spiro atoms. The van der Waals surface area contributed by atoms with Crippen LogP contribution in [0.3, 0.4) is 0 Å². The van der Waals surface area contributed by atoms with Crippen LogP contribution in [-0.2, 0) is 4.79 Å². The fraction of sp³-hybridized carbons (Fsp3) is 0.533. The third-order valence-corrected chi connectivity index (χ3v) is 3.87. The molecule has 1 heterocycles. The molecule has 3 N–H and O–H groups in total. The Bertz CT molecular complexity index is 472. The maximum atomic E-state index is 13.3. The Hall–Kier alpha value is -1.33. The zero-order valence-electron chi connectivity index (χ0n) is 11.9. The summed E-state index contributed by atoms with van der Waals surface area (Å²) in [6.07, 6.45) is 3.62. The van der Waals surface area contributed by atoms with Crippen LogP contribution in [0.2, 0.25) is 5.02 Å². The highest BCUT2D eigenvalue weighted by atomic mass is 35.5. The predicted octanol–water partition coefficient (Wildman–Crippen LogP) is 2.62. The highest BCUT2D eigenvalue weighted by Crippen LogP contribution is 2.19. The van der Waals surface area contributed by atoms with Crippen molar-refractivity contribution in [3.05, 3.63) is 29.0 Å². The number of carbonyl (C=O) groups excluding carboxylic acids is 1. The molecule has 1 unspecified atom stereocenters. The number of anilines is 1. The summed E-state index contributed by atoms with van der Waals surface area (Å²) >= 11 is 5.82. The molecule has 1 aromatic carbocycles. The molecule has 1 saturated heterocycles. The van der Waals surface area contributed by atoms with Crippen molar-refractivity contribution in [2.75, 3.05) is 25.0 Å². The maximum Gasteiger partial charge on any atom is 0.224 e. The molecule has 21 heavy (non-hydrogen) atoms. The van der Waals surface area contributed by atoms with Crippen molar-refractivity contribution in [2.24, 2.45) is 5.73 Å². The fourth-order valence-electron chi connectivity index (χ4n) is 2.55. The van der Waals surface area contributed by atoms with Crippen molar-refractivity contribution in [1.82, 2.24) is 4.90 Å². The van der Waals surface area contributed by atoms with Gasteiger partial charge >= 0.3 is 0 Å². The topological polar surface area (TPSA) is 58.4 Å². The van der Waals surface area contributed by atoms with Gasteiger partial charge in [-0.25, -0.2) is 4.39 Å². The molecular formula is C15H21ClFN3O. The lowest BCUT2D eigenvalue weighted by molar-refractivity contribution is -0.132. The van der Waals surface area contributed by atoms with Gasteiger partial charge in [-0.2, -0.15) is 0 Å². The van der Waals surface area contributed by atoms with E-state index in [-0.39, 0.29) is 11.9 Å². The largest absolute Gasteiger partial charge is 0.380 e. The molecule has 1 aliphatic heterocycles. The van der Waals surface area contributed by atoms with Crippen LogP contribution in [0.1, 0.15) is 25.7 Å². The second kappa shape index (κ2) is 7.61. The molecule has 0 bridgehead atoms. The first kappa shape index (κ1) is 16.0. The van der Waals surface area contributed by atoms with E-state index in [9.17, 15) is 9.18 Å². The first-order chi connectivity index (χ1) is 10.1. The Morgan fingerprint density at radius 2 is 2.05 bits per heavy atom. The van der Waals surface area contributed by atoms with E-state index in [1.54, 1.807) is 6.07 Å². The standard InChI is InChI=1S/C15H21ClFN3O/c16-11-6-12(17)8-13(7-11)19-14(10-18)9-15(21)20-4-2-1-3-5-20/h6-8,14,19H,1-5,9-10,18H2. The number of amides is 1. The first-order valence-electron chi connectivity index (χ1n) is 7.29. The van der Waals surface area contributed by atoms with Crippen molar-refractivity contribution in [3.63, 3.8) is 0 Å². The number of hydrogen-bond donors (Lipinski definition) is 2. The average molecular weight is 314 g/mol. The van der Waals surface area contributed by atoms with Gasteiger partial charge in [-0.05, 0) is 37.5 Å². The first-order valence-corrected chi connectivity index (χ1v) is 7.67. The fourth-order valence-corrected chi connectivity index (χ4v) is 2.77. The third kappa shape index (κ3) is 4.86. The number of benzene rings is 1. The van der Waals surface area contributed by atoms with Gasteiger partial charge in [-0.15, -0.1) is 0 Å². The predicted molar refractivity (Wildman–Crippen MR) is 82.9 cm³/mol. The van der Waals surface area contributed by atoms with Gasteiger partial charge in [0.1, 0.15) is 5.82 Å². The molecule has 0 aliphatic carbocycles. The molecule has 0 radical (unpaired) electrons. The van der Waals surface area contributed by atoms with Gasteiger partial charge < -0.3 is 16.0 Å². The number of halogens is 2. The van der Waals surface area contributed by atoms with Crippen LogP contribution in [0, 0.1) is 5.82 Å². The van der Waals surface area contributed by atoms with Crippen molar-refractivity contribution in [3.8, 4) is 0 Å². The van der Waals surface area contributed by atoms with Crippen molar-refractivity contribution >= 4 is 23.2 Å². The number of piperidine rings is 1. The molecule has 2 rings (SSSR count). The minimum atomic E-state index is -0.414. The lowest BCUT2D eigenvalue weighted by Crippen LogP contribution is -2.40. The Kier molecular flexibility index (Phi) is 5.82. The van der Waals surface area contributed by atoms with Gasteiger partial charge in [0, 0.05) is 42.8 Å². The molecule has 1 atom stereocenters. The van der Waals surface area contributed by atoms with Crippen molar-refractivity contribution < 1.29 is 9.18 Å². The second-order valence-corrected chi connectivity index (χ2v) is 5.82. The molecule has 0 aromatic heterocycles. The number of nitrogens with zero attached hydrogens (tertiary/aromatic N) is 1. The summed E-state index contributed by atoms with van der Waals surface area (Å²) in [5, 5.41) is 3.40. The van der Waals surface area contributed by atoms with Crippen LogP contribution >= 0.6 is 11.6 Å². The number of carbonyl (C=O) groups is 1. The molecule has 0 saturated carbocycles. The van der Waals surface area contributed by atoms with Gasteiger partial charge in [-0.3, -0.25) is 4.79 Å². The van der Waals surface area contributed by atoms with Gasteiger partial charge in [0.25, 0.3) is 0 Å². The van der Waals surface area contributed by atoms with Crippen LogP contribution in [0.15, 0.2) is 18.2 Å². The zero-order valence-corrected chi connectivity index (χ0v) is 12.7. The molecule has 1 fully saturated rings. The highest BCUT2D eigenvalue weighted by Gasteiger charge is 2.20. The smallest absolute Gasteiger partial charge is 0.224 e. The van der Waals surface area contributed by atoms with E-state index in [1.165, 1.54) is 18.6 Å². The van der Waals surface area contributed by atoms with Crippen molar-refractivity contribution in [2.45, 2.75) is 31.7 Å². The minimum Gasteiger partial charge on any atom is -0.380 e.